The highest BCUT2D eigenvalue weighted by Gasteiger charge is 2.13. The Kier molecular flexibility index (Phi) is 7.14. The van der Waals surface area contributed by atoms with Gasteiger partial charge in [-0.3, -0.25) is 9.69 Å². The Morgan fingerprint density at radius 2 is 1.81 bits per heavy atom. The van der Waals surface area contributed by atoms with Crippen molar-refractivity contribution in [3.05, 3.63) is 83.4 Å². The molecule has 0 aliphatic carbocycles. The molecule has 3 aromatic rings. The summed E-state index contributed by atoms with van der Waals surface area (Å²) in [5, 5.41) is 2.71. The van der Waals surface area contributed by atoms with Gasteiger partial charge in [0, 0.05) is 49.7 Å². The van der Waals surface area contributed by atoms with E-state index in [4.69, 9.17) is 4.74 Å². The fourth-order valence-corrected chi connectivity index (χ4v) is 3.55. The summed E-state index contributed by atoms with van der Waals surface area (Å²) in [4.78, 5) is 22.8. The number of halogens is 2. The van der Waals surface area contributed by atoms with E-state index in [-0.39, 0.29) is 30.5 Å². The minimum Gasteiger partial charge on any atom is -0.379 e. The molecule has 0 radical (unpaired) electrons. The fourth-order valence-electron chi connectivity index (χ4n) is 3.55. The van der Waals surface area contributed by atoms with Crippen molar-refractivity contribution in [1.29, 1.82) is 0 Å². The van der Waals surface area contributed by atoms with Crippen LogP contribution in [0.15, 0.2) is 54.9 Å². The zero-order valence-corrected chi connectivity index (χ0v) is 17.6. The zero-order chi connectivity index (χ0) is 22.3. The number of carbonyl (C=O) groups is 1. The summed E-state index contributed by atoms with van der Waals surface area (Å²) in [5.74, 6) is -0.632. The molecule has 2 heterocycles. The molecule has 8 heteroatoms. The van der Waals surface area contributed by atoms with Gasteiger partial charge in [0.1, 0.15) is 17.5 Å². The molecule has 0 spiro atoms. The van der Waals surface area contributed by atoms with Crippen molar-refractivity contribution in [3.8, 4) is 11.1 Å². The minimum absolute atomic E-state index is 0.0173. The number of aromatic nitrogens is 2. The number of benzene rings is 2. The van der Waals surface area contributed by atoms with Gasteiger partial charge in [0.2, 0.25) is 5.91 Å². The molecular formula is C24H24F2N4O2. The molecule has 0 atom stereocenters. The minimum atomic E-state index is -0.350. The van der Waals surface area contributed by atoms with Gasteiger partial charge in [0.05, 0.1) is 19.6 Å². The molecule has 2 aromatic carbocycles. The van der Waals surface area contributed by atoms with Gasteiger partial charge in [0.15, 0.2) is 0 Å². The van der Waals surface area contributed by atoms with Crippen molar-refractivity contribution in [2.75, 3.05) is 26.3 Å². The maximum absolute atomic E-state index is 14.7. The van der Waals surface area contributed by atoms with Gasteiger partial charge in [-0.15, -0.1) is 0 Å². The second-order valence-electron chi connectivity index (χ2n) is 7.67. The van der Waals surface area contributed by atoms with Crippen molar-refractivity contribution in [2.45, 2.75) is 19.5 Å². The van der Waals surface area contributed by atoms with Crippen LogP contribution in [0.2, 0.25) is 0 Å². The number of amides is 1. The third-order valence-corrected chi connectivity index (χ3v) is 5.26. The number of ether oxygens (including phenoxy) is 1. The second-order valence-corrected chi connectivity index (χ2v) is 7.67. The van der Waals surface area contributed by atoms with E-state index in [0.717, 1.165) is 18.7 Å². The van der Waals surface area contributed by atoms with Crippen molar-refractivity contribution >= 4 is 5.91 Å². The average molecular weight is 438 g/mol. The molecule has 1 saturated heterocycles. The lowest BCUT2D eigenvalue weighted by molar-refractivity contribution is -0.120. The van der Waals surface area contributed by atoms with Crippen LogP contribution in [0, 0.1) is 11.6 Å². The summed E-state index contributed by atoms with van der Waals surface area (Å²) in [5.41, 5.74) is 2.53. The summed E-state index contributed by atoms with van der Waals surface area (Å²) < 4.78 is 33.2. The van der Waals surface area contributed by atoms with Crippen molar-refractivity contribution in [2.24, 2.45) is 0 Å². The Hall–Kier alpha value is -3.23. The number of rotatable bonds is 7. The summed E-state index contributed by atoms with van der Waals surface area (Å²) in [6.45, 7) is 3.99. The number of nitrogens with zero attached hydrogens (tertiary/aromatic N) is 3. The van der Waals surface area contributed by atoms with E-state index in [1.807, 2.05) is 6.07 Å². The molecule has 0 unspecified atom stereocenters. The summed E-state index contributed by atoms with van der Waals surface area (Å²) in [7, 11) is 0. The van der Waals surface area contributed by atoms with Gasteiger partial charge in [-0.05, 0) is 29.3 Å². The van der Waals surface area contributed by atoms with Gasteiger partial charge in [0.25, 0.3) is 0 Å². The first-order valence-corrected chi connectivity index (χ1v) is 10.5. The van der Waals surface area contributed by atoms with Crippen LogP contribution in [-0.2, 0) is 29.0 Å². The highest BCUT2D eigenvalue weighted by molar-refractivity contribution is 5.77. The van der Waals surface area contributed by atoms with Crippen molar-refractivity contribution < 1.29 is 18.3 Å². The van der Waals surface area contributed by atoms with E-state index in [0.29, 0.717) is 42.3 Å². The normalized spacial score (nSPS) is 14.3. The molecule has 6 nitrogen and oxygen atoms in total. The number of hydrogen-bond donors (Lipinski definition) is 1. The maximum Gasteiger partial charge on any atom is 0.227 e. The molecule has 0 saturated carbocycles. The van der Waals surface area contributed by atoms with E-state index >= 15 is 0 Å². The first-order chi connectivity index (χ1) is 15.6. The van der Waals surface area contributed by atoms with Gasteiger partial charge in [-0.25, -0.2) is 18.7 Å². The maximum atomic E-state index is 14.7. The van der Waals surface area contributed by atoms with E-state index in [9.17, 15) is 13.6 Å². The monoisotopic (exact) mass is 438 g/mol. The van der Waals surface area contributed by atoms with E-state index in [1.54, 1.807) is 24.3 Å². The predicted molar refractivity (Wildman–Crippen MR) is 115 cm³/mol. The Morgan fingerprint density at radius 1 is 1.03 bits per heavy atom. The number of nitrogens with one attached hydrogen (secondary N) is 1. The lowest BCUT2D eigenvalue weighted by Crippen LogP contribution is -2.35. The van der Waals surface area contributed by atoms with Crippen LogP contribution >= 0.6 is 0 Å². The van der Waals surface area contributed by atoms with Crippen LogP contribution in [0.25, 0.3) is 11.1 Å². The predicted octanol–water partition coefficient (Wildman–Crippen LogP) is 3.11. The molecule has 4 rings (SSSR count). The standard InChI is InChI=1S/C24H24F2N4O2/c25-20-3-1-2-17(10-20)13-29-24(31)12-23-27-14-19(15-28-23)21-5-4-18(11-22(21)26)16-30-6-8-32-9-7-30/h1-5,10-11,14-15H,6-9,12-13,16H2,(H,29,31). The molecule has 1 amide bonds. The molecule has 1 N–H and O–H groups in total. The number of morpholine rings is 1. The molecule has 0 bridgehead atoms. The second kappa shape index (κ2) is 10.4. The lowest BCUT2D eigenvalue weighted by Gasteiger charge is -2.26. The lowest BCUT2D eigenvalue weighted by atomic mass is 10.1. The number of hydrogen-bond acceptors (Lipinski definition) is 5. The zero-order valence-electron chi connectivity index (χ0n) is 17.6. The molecule has 1 aliphatic heterocycles. The Labute approximate surface area is 185 Å². The molecule has 1 aliphatic rings. The molecular weight excluding hydrogens is 414 g/mol. The van der Waals surface area contributed by atoms with Crippen LogP contribution in [0.1, 0.15) is 17.0 Å². The quantitative estimate of drug-likeness (QED) is 0.614. The van der Waals surface area contributed by atoms with E-state index in [1.165, 1.54) is 24.5 Å². The highest BCUT2D eigenvalue weighted by atomic mass is 19.1. The van der Waals surface area contributed by atoms with E-state index < -0.39 is 0 Å². The molecule has 166 valence electrons. The van der Waals surface area contributed by atoms with Crippen LogP contribution in [0.5, 0.6) is 0 Å². The van der Waals surface area contributed by atoms with Crippen LogP contribution < -0.4 is 5.32 Å². The first kappa shape index (κ1) is 22.0. The Morgan fingerprint density at radius 3 is 2.53 bits per heavy atom. The van der Waals surface area contributed by atoms with Crippen LogP contribution in [-0.4, -0.2) is 47.1 Å². The summed E-state index contributed by atoms with van der Waals surface area (Å²) >= 11 is 0. The third kappa shape index (κ3) is 5.93. The molecule has 1 aromatic heterocycles. The fraction of sp³-hybridized carbons (Fsp3) is 0.292. The highest BCUT2D eigenvalue weighted by Crippen LogP contribution is 2.23. The molecule has 1 fully saturated rings. The Bertz CT molecular complexity index is 1070. The average Bonchev–Trinajstić information content (AvgIpc) is 2.79. The van der Waals surface area contributed by atoms with Gasteiger partial charge in [-0.2, -0.15) is 0 Å². The van der Waals surface area contributed by atoms with Crippen LogP contribution in [0.4, 0.5) is 8.78 Å². The van der Waals surface area contributed by atoms with Gasteiger partial charge < -0.3 is 10.1 Å². The smallest absolute Gasteiger partial charge is 0.227 e. The summed E-state index contributed by atoms with van der Waals surface area (Å²) in [6, 6.07) is 11.2. The van der Waals surface area contributed by atoms with Crippen LogP contribution in [0.3, 0.4) is 0 Å². The SMILES string of the molecule is O=C(Cc1ncc(-c2ccc(CN3CCOCC3)cc2F)cn1)NCc1cccc(F)c1. The number of carbonyl (C=O) groups excluding carboxylic acids is 1. The van der Waals surface area contributed by atoms with Crippen molar-refractivity contribution in [1.82, 2.24) is 20.2 Å². The summed E-state index contributed by atoms with van der Waals surface area (Å²) in [6.07, 6.45) is 3.01. The Balaban J connectivity index is 1.34. The molecule has 32 heavy (non-hydrogen) atoms. The van der Waals surface area contributed by atoms with Crippen molar-refractivity contribution in [3.63, 3.8) is 0 Å². The first-order valence-electron chi connectivity index (χ1n) is 10.5. The van der Waals surface area contributed by atoms with Gasteiger partial charge in [-0.1, -0.05) is 24.3 Å². The van der Waals surface area contributed by atoms with Gasteiger partial charge >= 0.3 is 0 Å². The largest absolute Gasteiger partial charge is 0.379 e. The topological polar surface area (TPSA) is 67.4 Å². The third-order valence-electron chi connectivity index (χ3n) is 5.26. The van der Waals surface area contributed by atoms with E-state index in [2.05, 4.69) is 20.2 Å².